The molecule has 1 aliphatic rings. The lowest BCUT2D eigenvalue weighted by Crippen LogP contribution is -2.54. The van der Waals surface area contributed by atoms with Crippen LogP contribution < -0.4 is 10.2 Å². The summed E-state index contributed by atoms with van der Waals surface area (Å²) in [5, 5.41) is 13.7. The number of nitrogens with zero attached hydrogens (tertiary/aromatic N) is 2. The smallest absolute Gasteiger partial charge is 0.327 e. The van der Waals surface area contributed by atoms with Crippen LogP contribution in [0.3, 0.4) is 0 Å². The van der Waals surface area contributed by atoms with Gasteiger partial charge in [0.05, 0.1) is 18.1 Å². The molecule has 1 aromatic rings. The molecular weight excluding hydrogens is 281 g/mol. The van der Waals surface area contributed by atoms with E-state index in [1.807, 2.05) is 0 Å². The van der Waals surface area contributed by atoms with E-state index < -0.39 is 22.5 Å². The van der Waals surface area contributed by atoms with Crippen molar-refractivity contribution in [2.45, 2.75) is 13.0 Å². The summed E-state index contributed by atoms with van der Waals surface area (Å²) in [6.45, 7) is 2.93. The lowest BCUT2D eigenvalue weighted by Gasteiger charge is -2.35. The zero-order valence-electron chi connectivity index (χ0n) is 11.5. The third kappa shape index (κ3) is 3.10. The molecule has 1 N–H and O–H groups in total. The molecule has 1 saturated heterocycles. The predicted octanol–water partition coefficient (Wildman–Crippen LogP) is 1.08. The molecule has 7 nitrogen and oxygen atoms in total. The maximum Gasteiger partial charge on any atom is 0.327 e. The van der Waals surface area contributed by atoms with Gasteiger partial charge in [0.15, 0.2) is 0 Å². The third-order valence-electron chi connectivity index (χ3n) is 3.24. The summed E-state index contributed by atoms with van der Waals surface area (Å²) in [5.74, 6) is -1.21. The number of nitrogens with one attached hydrogen (secondary N) is 1. The van der Waals surface area contributed by atoms with Crippen molar-refractivity contribution in [3.8, 4) is 0 Å². The van der Waals surface area contributed by atoms with Gasteiger partial charge in [0.2, 0.25) is 11.7 Å². The van der Waals surface area contributed by atoms with Crippen LogP contribution in [0.25, 0.3) is 0 Å². The van der Waals surface area contributed by atoms with Gasteiger partial charge < -0.3 is 15.0 Å². The second-order valence-electron chi connectivity index (χ2n) is 4.54. The first kappa shape index (κ1) is 15.2. The topological polar surface area (TPSA) is 84.7 Å². The van der Waals surface area contributed by atoms with E-state index in [2.05, 4.69) is 5.32 Å². The van der Waals surface area contributed by atoms with Crippen LogP contribution in [0.1, 0.15) is 6.92 Å². The lowest BCUT2D eigenvalue weighted by molar-refractivity contribution is -0.386. The van der Waals surface area contributed by atoms with Crippen LogP contribution in [0.5, 0.6) is 0 Å². The van der Waals surface area contributed by atoms with Crippen molar-refractivity contribution in [1.82, 2.24) is 5.32 Å². The van der Waals surface area contributed by atoms with Gasteiger partial charge in [-0.05, 0) is 19.1 Å². The van der Waals surface area contributed by atoms with Crippen LogP contribution >= 0.6 is 0 Å². The molecule has 0 radical (unpaired) electrons. The van der Waals surface area contributed by atoms with Gasteiger partial charge in [-0.2, -0.15) is 4.39 Å². The normalized spacial score (nSPS) is 18.4. The number of likely N-dealkylation sites (N-methyl/N-ethyl adjacent to an activating group) is 1. The van der Waals surface area contributed by atoms with Gasteiger partial charge in [-0.15, -0.1) is 0 Å². The number of rotatable bonds is 4. The van der Waals surface area contributed by atoms with E-state index in [0.717, 1.165) is 6.07 Å². The number of anilines is 1. The molecular formula is C13H16FN3O4. The van der Waals surface area contributed by atoms with Crippen LogP contribution in [-0.4, -0.2) is 43.2 Å². The molecule has 114 valence electrons. The van der Waals surface area contributed by atoms with E-state index in [1.54, 1.807) is 6.92 Å². The Morgan fingerprint density at radius 1 is 1.62 bits per heavy atom. The number of carbonyl (C=O) groups excluding carboxylic acids is 1. The second-order valence-corrected chi connectivity index (χ2v) is 4.54. The molecule has 21 heavy (non-hydrogen) atoms. The number of hydrogen-bond donors (Lipinski definition) is 1. The number of hydrogen-bond acceptors (Lipinski definition) is 5. The summed E-state index contributed by atoms with van der Waals surface area (Å²) in [6.07, 6.45) is 0. The number of nitro groups is 1. The van der Waals surface area contributed by atoms with Crippen LogP contribution in [0.4, 0.5) is 15.8 Å². The quantitative estimate of drug-likeness (QED) is 0.664. The minimum absolute atomic E-state index is 0.0968. The van der Waals surface area contributed by atoms with Crippen molar-refractivity contribution >= 4 is 17.3 Å². The maximum absolute atomic E-state index is 13.7. The van der Waals surface area contributed by atoms with Crippen LogP contribution in [0.15, 0.2) is 18.2 Å². The van der Waals surface area contributed by atoms with E-state index in [0.29, 0.717) is 13.2 Å². The molecule has 1 aromatic carbocycles. The average molecular weight is 297 g/mol. The number of para-hydroxylation sites is 1. The van der Waals surface area contributed by atoms with Gasteiger partial charge in [0.1, 0.15) is 11.7 Å². The summed E-state index contributed by atoms with van der Waals surface area (Å²) in [4.78, 5) is 23.9. The minimum atomic E-state index is -0.918. The Bertz CT molecular complexity index is 552. The number of amides is 1. The van der Waals surface area contributed by atoms with Gasteiger partial charge in [0.25, 0.3) is 0 Å². The number of ether oxygens (including phenoxy) is 1. The Balaban J connectivity index is 2.40. The molecule has 1 unspecified atom stereocenters. The fourth-order valence-electron chi connectivity index (χ4n) is 2.32. The van der Waals surface area contributed by atoms with Crippen molar-refractivity contribution in [2.75, 3.05) is 31.2 Å². The largest absolute Gasteiger partial charge is 0.377 e. The highest BCUT2D eigenvalue weighted by molar-refractivity contribution is 5.86. The minimum Gasteiger partial charge on any atom is -0.377 e. The zero-order valence-corrected chi connectivity index (χ0v) is 11.5. The lowest BCUT2D eigenvalue weighted by atomic mass is 10.1. The first-order chi connectivity index (χ1) is 10.1. The Kier molecular flexibility index (Phi) is 4.69. The van der Waals surface area contributed by atoms with Crippen molar-refractivity contribution in [3.63, 3.8) is 0 Å². The number of morpholine rings is 1. The van der Waals surface area contributed by atoms with Crippen LogP contribution in [-0.2, 0) is 9.53 Å². The van der Waals surface area contributed by atoms with Gasteiger partial charge >= 0.3 is 5.69 Å². The van der Waals surface area contributed by atoms with Crippen LogP contribution in [0.2, 0.25) is 0 Å². The van der Waals surface area contributed by atoms with Crippen molar-refractivity contribution in [3.05, 3.63) is 34.1 Å². The van der Waals surface area contributed by atoms with Crippen molar-refractivity contribution in [1.29, 1.82) is 0 Å². The summed E-state index contributed by atoms with van der Waals surface area (Å²) < 4.78 is 19.0. The fraction of sp³-hybridized carbons (Fsp3) is 0.462. The molecule has 1 atom stereocenters. The Morgan fingerprint density at radius 2 is 2.38 bits per heavy atom. The van der Waals surface area contributed by atoms with Crippen LogP contribution in [0, 0.1) is 15.9 Å². The van der Waals surface area contributed by atoms with Crippen molar-refractivity contribution < 1.29 is 18.8 Å². The molecule has 8 heteroatoms. The first-order valence-corrected chi connectivity index (χ1v) is 6.61. The molecule has 0 bridgehead atoms. The number of carbonyl (C=O) groups is 1. The Labute approximate surface area is 120 Å². The highest BCUT2D eigenvalue weighted by atomic mass is 19.1. The molecule has 2 rings (SSSR count). The van der Waals surface area contributed by atoms with Gasteiger partial charge in [-0.3, -0.25) is 14.9 Å². The van der Waals surface area contributed by atoms with E-state index >= 15 is 0 Å². The maximum atomic E-state index is 13.7. The van der Waals surface area contributed by atoms with E-state index in [-0.39, 0.29) is 24.7 Å². The summed E-state index contributed by atoms with van der Waals surface area (Å²) in [5.41, 5.74) is -0.520. The summed E-state index contributed by atoms with van der Waals surface area (Å²) in [6, 6.07) is 3.16. The molecule has 0 aromatic heterocycles. The van der Waals surface area contributed by atoms with Gasteiger partial charge in [0, 0.05) is 13.1 Å². The highest BCUT2D eigenvalue weighted by Crippen LogP contribution is 2.32. The van der Waals surface area contributed by atoms with E-state index in [9.17, 15) is 19.3 Å². The molecule has 0 spiro atoms. The number of nitro benzene ring substituents is 1. The Morgan fingerprint density at radius 3 is 3.05 bits per heavy atom. The standard InChI is InChI=1S/C13H16FN3O4/c1-2-15-13(18)11-8-21-7-6-16(11)10-5-3-4-9(14)12(10)17(19)20/h3-5,11H,2,6-8H2,1H3,(H,15,18). The molecule has 1 fully saturated rings. The monoisotopic (exact) mass is 297 g/mol. The van der Waals surface area contributed by atoms with E-state index in [1.165, 1.54) is 17.0 Å². The van der Waals surface area contributed by atoms with E-state index in [4.69, 9.17) is 4.74 Å². The average Bonchev–Trinajstić information content (AvgIpc) is 2.47. The van der Waals surface area contributed by atoms with Gasteiger partial charge in [-0.1, -0.05) is 6.07 Å². The first-order valence-electron chi connectivity index (χ1n) is 6.61. The number of benzene rings is 1. The van der Waals surface area contributed by atoms with Crippen molar-refractivity contribution in [2.24, 2.45) is 0 Å². The third-order valence-corrected chi connectivity index (χ3v) is 3.24. The Hall–Kier alpha value is -2.22. The summed E-state index contributed by atoms with van der Waals surface area (Å²) in [7, 11) is 0. The molecule has 1 amide bonds. The molecule has 1 heterocycles. The fourth-order valence-corrected chi connectivity index (χ4v) is 2.32. The highest BCUT2D eigenvalue weighted by Gasteiger charge is 2.34. The zero-order chi connectivity index (χ0) is 15.4. The van der Waals surface area contributed by atoms with Gasteiger partial charge in [-0.25, -0.2) is 0 Å². The SMILES string of the molecule is CCNC(=O)C1COCCN1c1cccc(F)c1[N+](=O)[O-]. The predicted molar refractivity (Wildman–Crippen MR) is 73.7 cm³/mol. The summed E-state index contributed by atoms with van der Waals surface area (Å²) >= 11 is 0. The second kappa shape index (κ2) is 6.49. The molecule has 1 aliphatic heterocycles. The molecule has 0 aliphatic carbocycles. The number of halogens is 1. The molecule has 0 saturated carbocycles.